The third-order valence-corrected chi connectivity index (χ3v) is 5.13. The van der Waals surface area contributed by atoms with Crippen molar-refractivity contribution < 1.29 is 23.9 Å². The predicted molar refractivity (Wildman–Crippen MR) is 103 cm³/mol. The number of carbonyl (C=O) groups is 4. The summed E-state index contributed by atoms with van der Waals surface area (Å²) < 4.78 is 5.27. The zero-order valence-corrected chi connectivity index (χ0v) is 15.8. The van der Waals surface area contributed by atoms with E-state index < -0.39 is 5.97 Å². The Labute approximate surface area is 167 Å². The molecule has 0 spiro atoms. The van der Waals surface area contributed by atoms with Crippen LogP contribution < -0.4 is 0 Å². The van der Waals surface area contributed by atoms with Crippen molar-refractivity contribution in [2.75, 3.05) is 19.7 Å². The minimum atomic E-state index is -0.531. The van der Waals surface area contributed by atoms with E-state index in [-0.39, 0.29) is 30.9 Å². The second-order valence-corrected chi connectivity index (χ2v) is 7.06. The fraction of sp³-hybridized carbons (Fsp3) is 0.273. The molecule has 1 saturated heterocycles. The molecule has 2 aliphatic rings. The fourth-order valence-corrected chi connectivity index (χ4v) is 3.64. The van der Waals surface area contributed by atoms with Gasteiger partial charge in [0.25, 0.3) is 11.8 Å². The second-order valence-electron chi connectivity index (χ2n) is 7.06. The highest BCUT2D eigenvalue weighted by Crippen LogP contribution is 2.22. The maximum atomic E-state index is 12.4. The number of rotatable bonds is 6. The highest BCUT2D eigenvalue weighted by molar-refractivity contribution is 6.21. The lowest BCUT2D eigenvalue weighted by molar-refractivity contribution is -0.128. The quantitative estimate of drug-likeness (QED) is 0.556. The summed E-state index contributed by atoms with van der Waals surface area (Å²) in [6, 6.07) is 13.6. The molecule has 0 aliphatic carbocycles. The maximum absolute atomic E-state index is 12.4. The van der Waals surface area contributed by atoms with E-state index in [1.54, 1.807) is 47.4 Å². The van der Waals surface area contributed by atoms with E-state index >= 15 is 0 Å². The summed E-state index contributed by atoms with van der Waals surface area (Å²) in [5.41, 5.74) is 1.97. The van der Waals surface area contributed by atoms with Crippen LogP contribution in [-0.2, 0) is 16.1 Å². The number of likely N-dealkylation sites (tertiary alicyclic amines) is 1. The number of esters is 1. The monoisotopic (exact) mass is 392 g/mol. The summed E-state index contributed by atoms with van der Waals surface area (Å²) in [5, 5.41) is 0. The van der Waals surface area contributed by atoms with Crippen LogP contribution in [0.4, 0.5) is 0 Å². The van der Waals surface area contributed by atoms with Crippen molar-refractivity contribution in [3.8, 4) is 0 Å². The second kappa shape index (κ2) is 7.87. The Morgan fingerprint density at radius 3 is 2.34 bits per heavy atom. The van der Waals surface area contributed by atoms with Crippen LogP contribution in [0, 0.1) is 0 Å². The van der Waals surface area contributed by atoms with Gasteiger partial charge in [-0.05, 0) is 36.2 Å². The minimum Gasteiger partial charge on any atom is -0.460 e. The average Bonchev–Trinajstić information content (AvgIpc) is 3.24. The van der Waals surface area contributed by atoms with Crippen LogP contribution >= 0.6 is 0 Å². The summed E-state index contributed by atoms with van der Waals surface area (Å²) >= 11 is 0. The number of amides is 3. The number of fused-ring (bicyclic) bond motifs is 1. The van der Waals surface area contributed by atoms with Gasteiger partial charge in [0.2, 0.25) is 5.91 Å². The third-order valence-electron chi connectivity index (χ3n) is 5.13. The molecule has 7 heteroatoms. The Hall–Kier alpha value is -3.48. The molecule has 2 aliphatic heterocycles. The van der Waals surface area contributed by atoms with E-state index in [9.17, 15) is 19.2 Å². The fourth-order valence-electron chi connectivity index (χ4n) is 3.64. The van der Waals surface area contributed by atoms with Gasteiger partial charge in [-0.15, -0.1) is 0 Å². The Balaban J connectivity index is 1.34. The molecule has 4 rings (SSSR count). The van der Waals surface area contributed by atoms with E-state index in [0.29, 0.717) is 29.7 Å². The molecule has 3 amide bonds. The van der Waals surface area contributed by atoms with Crippen molar-refractivity contribution in [2.24, 2.45) is 0 Å². The van der Waals surface area contributed by atoms with Crippen LogP contribution in [0.2, 0.25) is 0 Å². The van der Waals surface area contributed by atoms with Crippen molar-refractivity contribution in [3.05, 3.63) is 70.8 Å². The number of carbonyl (C=O) groups excluding carboxylic acids is 4. The largest absolute Gasteiger partial charge is 0.460 e. The van der Waals surface area contributed by atoms with Gasteiger partial charge < -0.3 is 9.64 Å². The Kier molecular flexibility index (Phi) is 5.12. The molecule has 0 unspecified atom stereocenters. The Morgan fingerprint density at radius 1 is 0.966 bits per heavy atom. The first-order chi connectivity index (χ1) is 14.0. The first-order valence-corrected chi connectivity index (χ1v) is 9.53. The number of hydrogen-bond acceptors (Lipinski definition) is 5. The molecule has 0 N–H and O–H groups in total. The molecule has 0 radical (unpaired) electrons. The summed E-state index contributed by atoms with van der Waals surface area (Å²) in [7, 11) is 0. The number of imide groups is 1. The molecule has 0 atom stereocenters. The number of hydrogen-bond donors (Lipinski definition) is 0. The van der Waals surface area contributed by atoms with Crippen molar-refractivity contribution in [3.63, 3.8) is 0 Å². The summed E-state index contributed by atoms with van der Waals surface area (Å²) in [6.07, 6.45) is 1.43. The molecule has 2 heterocycles. The number of nitrogens with zero attached hydrogens (tertiary/aromatic N) is 2. The van der Waals surface area contributed by atoms with Gasteiger partial charge in [0.15, 0.2) is 0 Å². The number of benzene rings is 2. The molecule has 1 fully saturated rings. The molecular weight excluding hydrogens is 372 g/mol. The Bertz CT molecular complexity index is 965. The lowest BCUT2D eigenvalue weighted by atomic mass is 10.1. The molecule has 7 nitrogen and oxygen atoms in total. The van der Waals surface area contributed by atoms with Gasteiger partial charge >= 0.3 is 5.97 Å². The highest BCUT2D eigenvalue weighted by atomic mass is 16.5. The van der Waals surface area contributed by atoms with Gasteiger partial charge in [-0.3, -0.25) is 19.3 Å². The molecule has 29 heavy (non-hydrogen) atoms. The molecule has 2 aromatic carbocycles. The van der Waals surface area contributed by atoms with E-state index in [0.717, 1.165) is 23.4 Å². The van der Waals surface area contributed by atoms with Crippen LogP contribution in [0.1, 0.15) is 49.5 Å². The van der Waals surface area contributed by atoms with Crippen LogP contribution in [0.15, 0.2) is 48.5 Å². The van der Waals surface area contributed by atoms with E-state index in [2.05, 4.69) is 0 Å². The van der Waals surface area contributed by atoms with Gasteiger partial charge in [0.1, 0.15) is 6.61 Å². The first kappa shape index (κ1) is 18.9. The van der Waals surface area contributed by atoms with Crippen LogP contribution in [0.5, 0.6) is 0 Å². The van der Waals surface area contributed by atoms with Crippen molar-refractivity contribution >= 4 is 23.7 Å². The smallest absolute Gasteiger partial charge is 0.338 e. The van der Waals surface area contributed by atoms with E-state index in [4.69, 9.17) is 4.74 Å². The lowest BCUT2D eigenvalue weighted by Crippen LogP contribution is -2.33. The molecule has 148 valence electrons. The van der Waals surface area contributed by atoms with Crippen molar-refractivity contribution in [1.82, 2.24) is 9.80 Å². The average molecular weight is 392 g/mol. The van der Waals surface area contributed by atoms with Crippen LogP contribution in [-0.4, -0.2) is 53.2 Å². The molecule has 0 aromatic heterocycles. The van der Waals surface area contributed by atoms with Gasteiger partial charge in [0, 0.05) is 19.5 Å². The van der Waals surface area contributed by atoms with Gasteiger partial charge in [-0.1, -0.05) is 24.3 Å². The zero-order chi connectivity index (χ0) is 20.4. The summed E-state index contributed by atoms with van der Waals surface area (Å²) in [4.78, 5) is 51.6. The van der Waals surface area contributed by atoms with Gasteiger partial charge in [-0.2, -0.15) is 0 Å². The Morgan fingerprint density at radius 2 is 1.69 bits per heavy atom. The van der Waals surface area contributed by atoms with E-state index in [1.165, 1.54) is 0 Å². The van der Waals surface area contributed by atoms with E-state index in [1.807, 2.05) is 6.07 Å². The number of ether oxygens (including phenoxy) is 1. The summed E-state index contributed by atoms with van der Waals surface area (Å²) in [6.45, 7) is 1.11. The third kappa shape index (κ3) is 3.76. The SMILES string of the molecule is O=C(OCCN1C(=O)c2ccccc2C1=O)c1cccc(CN2CCCC2=O)c1. The molecule has 2 aromatic rings. The maximum Gasteiger partial charge on any atom is 0.338 e. The molecule has 0 bridgehead atoms. The van der Waals surface area contributed by atoms with Gasteiger partial charge in [0.05, 0.1) is 23.2 Å². The van der Waals surface area contributed by atoms with Crippen molar-refractivity contribution in [1.29, 1.82) is 0 Å². The first-order valence-electron chi connectivity index (χ1n) is 9.53. The zero-order valence-electron chi connectivity index (χ0n) is 15.8. The standard InChI is InChI=1S/C22H20N2O5/c25-19-9-4-10-23(19)14-15-5-3-6-16(13-15)22(28)29-12-11-24-20(26)17-7-1-2-8-18(17)21(24)27/h1-3,5-8,13H,4,9-12,14H2. The summed E-state index contributed by atoms with van der Waals surface area (Å²) in [5.74, 6) is -1.16. The highest BCUT2D eigenvalue weighted by Gasteiger charge is 2.34. The molecular formula is C22H20N2O5. The molecule has 0 saturated carbocycles. The minimum absolute atomic E-state index is 0.0000565. The topological polar surface area (TPSA) is 84.0 Å². The normalized spacial score (nSPS) is 15.8. The lowest BCUT2D eigenvalue weighted by Gasteiger charge is -2.16. The van der Waals surface area contributed by atoms with Crippen LogP contribution in [0.3, 0.4) is 0 Å². The van der Waals surface area contributed by atoms with Crippen molar-refractivity contribution in [2.45, 2.75) is 19.4 Å². The van der Waals surface area contributed by atoms with Crippen LogP contribution in [0.25, 0.3) is 0 Å². The predicted octanol–water partition coefficient (Wildman–Crippen LogP) is 2.26. The van der Waals surface area contributed by atoms with Gasteiger partial charge in [-0.25, -0.2) is 4.79 Å².